The van der Waals surface area contributed by atoms with E-state index in [4.69, 9.17) is 0 Å². The topological polar surface area (TPSA) is 134 Å². The van der Waals surface area contributed by atoms with Crippen molar-refractivity contribution in [2.24, 2.45) is 0 Å². The Kier molecular flexibility index (Phi) is 5.43. The van der Waals surface area contributed by atoms with E-state index >= 15 is 0 Å². The number of sulfonamides is 1. The first-order valence-corrected chi connectivity index (χ1v) is 9.86. The second-order valence-corrected chi connectivity index (χ2v) is 7.72. The van der Waals surface area contributed by atoms with Gasteiger partial charge in [-0.25, -0.2) is 17.9 Å². The standard InChI is InChI=1S/C18H18N4O5S/c1-3-19-28(25,26)14-8-7-11(2)15(10-14)17(23)20-13-6-4-5-12(9-13)16-21-18(24)27-22-16/h4-10,19H,3H2,1-2H3,(H,20,23)(H,21,22,24). The Bertz CT molecular complexity index is 1180. The van der Waals surface area contributed by atoms with Gasteiger partial charge in [-0.15, -0.1) is 0 Å². The van der Waals surface area contributed by atoms with Crippen molar-refractivity contribution in [3.8, 4) is 11.4 Å². The highest BCUT2D eigenvalue weighted by Gasteiger charge is 2.17. The predicted molar refractivity (Wildman–Crippen MR) is 103 cm³/mol. The molecule has 10 heteroatoms. The highest BCUT2D eigenvalue weighted by molar-refractivity contribution is 7.89. The van der Waals surface area contributed by atoms with Crippen LogP contribution in [0, 0.1) is 6.92 Å². The van der Waals surface area contributed by atoms with E-state index in [1.54, 1.807) is 44.2 Å². The van der Waals surface area contributed by atoms with Crippen molar-refractivity contribution < 1.29 is 17.7 Å². The summed E-state index contributed by atoms with van der Waals surface area (Å²) >= 11 is 0. The molecule has 146 valence electrons. The van der Waals surface area contributed by atoms with Crippen LogP contribution in [0.5, 0.6) is 0 Å². The molecule has 0 saturated carbocycles. The second kappa shape index (κ2) is 7.79. The molecule has 0 aliphatic heterocycles. The van der Waals surface area contributed by atoms with E-state index < -0.39 is 21.7 Å². The van der Waals surface area contributed by atoms with Crippen molar-refractivity contribution in [2.45, 2.75) is 18.7 Å². The van der Waals surface area contributed by atoms with Gasteiger partial charge in [0, 0.05) is 23.4 Å². The minimum atomic E-state index is -3.68. The van der Waals surface area contributed by atoms with Crippen LogP contribution in [0.2, 0.25) is 0 Å². The molecule has 1 amide bonds. The molecule has 0 bridgehead atoms. The third kappa shape index (κ3) is 4.18. The first-order valence-electron chi connectivity index (χ1n) is 8.38. The number of aromatic amines is 1. The number of carbonyl (C=O) groups is 1. The van der Waals surface area contributed by atoms with E-state index in [2.05, 4.69) is 24.7 Å². The van der Waals surface area contributed by atoms with Crippen molar-refractivity contribution in [1.82, 2.24) is 14.9 Å². The summed E-state index contributed by atoms with van der Waals surface area (Å²) in [7, 11) is -3.68. The average molecular weight is 402 g/mol. The van der Waals surface area contributed by atoms with Gasteiger partial charge in [0.05, 0.1) is 4.90 Å². The Hall–Kier alpha value is -3.24. The van der Waals surface area contributed by atoms with E-state index in [0.29, 0.717) is 16.8 Å². The van der Waals surface area contributed by atoms with Crippen LogP contribution in [0.4, 0.5) is 5.69 Å². The van der Waals surface area contributed by atoms with E-state index in [-0.39, 0.29) is 22.8 Å². The molecular formula is C18H18N4O5S. The minimum absolute atomic E-state index is 0.0130. The molecule has 0 aliphatic rings. The highest BCUT2D eigenvalue weighted by Crippen LogP contribution is 2.21. The SMILES string of the molecule is CCNS(=O)(=O)c1ccc(C)c(C(=O)Nc2cccc(-c3noc(=O)[nH]3)c2)c1. The van der Waals surface area contributed by atoms with Crippen LogP contribution in [-0.2, 0) is 10.0 Å². The Morgan fingerprint density at radius 3 is 2.68 bits per heavy atom. The lowest BCUT2D eigenvalue weighted by Crippen LogP contribution is -2.24. The molecule has 0 saturated heterocycles. The van der Waals surface area contributed by atoms with Crippen LogP contribution in [-0.4, -0.2) is 31.0 Å². The number of nitrogens with zero attached hydrogens (tertiary/aromatic N) is 1. The van der Waals surface area contributed by atoms with E-state index in [1.807, 2.05) is 0 Å². The monoisotopic (exact) mass is 402 g/mol. The molecule has 2 aromatic carbocycles. The predicted octanol–water partition coefficient (Wildman–Crippen LogP) is 1.89. The first-order chi connectivity index (χ1) is 13.3. The lowest BCUT2D eigenvalue weighted by atomic mass is 10.1. The molecule has 0 radical (unpaired) electrons. The number of hydrogen-bond acceptors (Lipinski definition) is 6. The third-order valence-corrected chi connectivity index (χ3v) is 5.48. The highest BCUT2D eigenvalue weighted by atomic mass is 32.2. The van der Waals surface area contributed by atoms with E-state index in [9.17, 15) is 18.0 Å². The summed E-state index contributed by atoms with van der Waals surface area (Å²) in [6.07, 6.45) is 0. The molecule has 0 aliphatic carbocycles. The Morgan fingerprint density at radius 2 is 2.00 bits per heavy atom. The summed E-state index contributed by atoms with van der Waals surface area (Å²) in [6, 6.07) is 11.0. The van der Waals surface area contributed by atoms with Crippen LogP contribution in [0.25, 0.3) is 11.4 Å². The zero-order valence-electron chi connectivity index (χ0n) is 15.1. The second-order valence-electron chi connectivity index (χ2n) is 5.96. The molecule has 3 aromatic rings. The molecule has 0 atom stereocenters. The van der Waals surface area contributed by atoms with E-state index in [1.165, 1.54) is 12.1 Å². The minimum Gasteiger partial charge on any atom is -0.322 e. The van der Waals surface area contributed by atoms with Gasteiger partial charge in [0.25, 0.3) is 5.91 Å². The maximum Gasteiger partial charge on any atom is 0.439 e. The molecule has 0 fully saturated rings. The Morgan fingerprint density at radius 1 is 1.21 bits per heavy atom. The normalized spacial score (nSPS) is 11.4. The summed E-state index contributed by atoms with van der Waals surface area (Å²) in [5.41, 5.74) is 1.86. The van der Waals surface area contributed by atoms with Gasteiger partial charge in [-0.1, -0.05) is 30.3 Å². The number of hydrogen-bond donors (Lipinski definition) is 3. The summed E-state index contributed by atoms with van der Waals surface area (Å²) in [5.74, 6) is -0.911. The number of rotatable bonds is 6. The molecule has 9 nitrogen and oxygen atoms in total. The van der Waals surface area contributed by atoms with Gasteiger partial charge >= 0.3 is 5.76 Å². The summed E-state index contributed by atoms with van der Waals surface area (Å²) in [6.45, 7) is 3.64. The van der Waals surface area contributed by atoms with Crippen LogP contribution in [0.3, 0.4) is 0 Å². The lowest BCUT2D eigenvalue weighted by Gasteiger charge is -2.11. The Labute approximate surface area is 160 Å². The molecule has 1 heterocycles. The van der Waals surface area contributed by atoms with Crippen molar-refractivity contribution in [2.75, 3.05) is 11.9 Å². The van der Waals surface area contributed by atoms with Gasteiger partial charge < -0.3 is 5.32 Å². The number of aryl methyl sites for hydroxylation is 1. The van der Waals surface area contributed by atoms with Gasteiger partial charge in [-0.3, -0.25) is 14.3 Å². The number of amides is 1. The van der Waals surface area contributed by atoms with Crippen LogP contribution < -0.4 is 15.8 Å². The number of nitrogens with one attached hydrogen (secondary N) is 3. The number of aromatic nitrogens is 2. The van der Waals surface area contributed by atoms with Gasteiger partial charge in [0.15, 0.2) is 5.82 Å². The number of H-pyrrole nitrogens is 1. The first kappa shape index (κ1) is 19.5. The Balaban J connectivity index is 1.88. The van der Waals surface area contributed by atoms with Crippen molar-refractivity contribution in [3.05, 3.63) is 64.1 Å². The van der Waals surface area contributed by atoms with Gasteiger partial charge in [0.2, 0.25) is 10.0 Å². The fraction of sp³-hybridized carbons (Fsp3) is 0.167. The third-order valence-electron chi connectivity index (χ3n) is 3.93. The van der Waals surface area contributed by atoms with Crippen molar-refractivity contribution in [3.63, 3.8) is 0 Å². The largest absolute Gasteiger partial charge is 0.439 e. The lowest BCUT2D eigenvalue weighted by molar-refractivity contribution is 0.102. The summed E-state index contributed by atoms with van der Waals surface area (Å²) in [4.78, 5) is 26.2. The van der Waals surface area contributed by atoms with Crippen LogP contribution in [0.15, 0.2) is 56.7 Å². The smallest absolute Gasteiger partial charge is 0.322 e. The van der Waals surface area contributed by atoms with Gasteiger partial charge in [-0.2, -0.15) is 0 Å². The number of benzene rings is 2. The molecule has 0 spiro atoms. The quantitative estimate of drug-likeness (QED) is 0.576. The molecular weight excluding hydrogens is 384 g/mol. The zero-order chi connectivity index (χ0) is 20.3. The van der Waals surface area contributed by atoms with Crippen molar-refractivity contribution in [1.29, 1.82) is 0 Å². The van der Waals surface area contributed by atoms with Crippen LogP contribution >= 0.6 is 0 Å². The van der Waals surface area contributed by atoms with Crippen molar-refractivity contribution >= 4 is 21.6 Å². The number of anilines is 1. The fourth-order valence-electron chi connectivity index (χ4n) is 2.58. The summed E-state index contributed by atoms with van der Waals surface area (Å²) in [5, 5.41) is 6.33. The number of carbonyl (C=O) groups excluding carboxylic acids is 1. The molecule has 28 heavy (non-hydrogen) atoms. The van der Waals surface area contributed by atoms with Gasteiger partial charge in [-0.05, 0) is 36.8 Å². The molecule has 3 rings (SSSR count). The van der Waals surface area contributed by atoms with Crippen LogP contribution in [0.1, 0.15) is 22.8 Å². The zero-order valence-corrected chi connectivity index (χ0v) is 16.0. The maximum absolute atomic E-state index is 12.7. The van der Waals surface area contributed by atoms with E-state index in [0.717, 1.165) is 0 Å². The average Bonchev–Trinajstić information content (AvgIpc) is 3.08. The van der Waals surface area contributed by atoms with Gasteiger partial charge in [0.1, 0.15) is 0 Å². The molecule has 1 aromatic heterocycles. The fourth-order valence-corrected chi connectivity index (χ4v) is 3.65. The molecule has 3 N–H and O–H groups in total. The maximum atomic E-state index is 12.7. The summed E-state index contributed by atoms with van der Waals surface area (Å²) < 4.78 is 31.3. The molecule has 0 unspecified atom stereocenters.